The second-order valence-electron chi connectivity index (χ2n) is 7.75. The van der Waals surface area contributed by atoms with Crippen molar-refractivity contribution in [1.82, 2.24) is 20.0 Å². The molecule has 2 unspecified atom stereocenters. The first kappa shape index (κ1) is 18.3. The van der Waals surface area contributed by atoms with Gasteiger partial charge in [-0.25, -0.2) is 0 Å². The van der Waals surface area contributed by atoms with Crippen LogP contribution in [-0.2, 0) is 17.6 Å². The fourth-order valence-electron chi connectivity index (χ4n) is 4.26. The molecule has 2 heterocycles. The van der Waals surface area contributed by atoms with Crippen LogP contribution < -0.4 is 11.5 Å². The van der Waals surface area contributed by atoms with Gasteiger partial charge in [-0.3, -0.25) is 14.7 Å². The number of benzene rings is 1. The van der Waals surface area contributed by atoms with Gasteiger partial charge in [0.25, 0.3) is 5.91 Å². The Hall–Kier alpha value is -3.03. The Balaban J connectivity index is 1.42. The Kier molecular flexibility index (Phi) is 4.70. The summed E-state index contributed by atoms with van der Waals surface area (Å²) in [7, 11) is 0. The van der Waals surface area contributed by atoms with Crippen LogP contribution in [0.5, 0.6) is 0 Å². The summed E-state index contributed by atoms with van der Waals surface area (Å²) in [5, 5.41) is 7.09. The largest absolute Gasteiger partial charge is 0.397 e. The van der Waals surface area contributed by atoms with E-state index in [-0.39, 0.29) is 23.8 Å². The van der Waals surface area contributed by atoms with E-state index in [0.717, 1.165) is 18.5 Å². The quantitative estimate of drug-likeness (QED) is 0.671. The number of para-hydroxylation sites is 1. The zero-order valence-electron chi connectivity index (χ0n) is 16.0. The van der Waals surface area contributed by atoms with Gasteiger partial charge in [-0.15, -0.1) is 0 Å². The van der Waals surface area contributed by atoms with Gasteiger partial charge in [0.05, 0.1) is 23.1 Å². The van der Waals surface area contributed by atoms with Crippen LogP contribution >= 0.6 is 0 Å². The number of nitrogens with one attached hydrogen (secondary N) is 1. The molecule has 2 atom stereocenters. The maximum atomic E-state index is 13.0. The number of nitrogens with two attached hydrogens (primary N) is 2. The van der Waals surface area contributed by atoms with Crippen LogP contribution in [0.4, 0.5) is 11.4 Å². The SMILES string of the molecule is CC1CN(C(=O)C2CCc3cn[nH]c3C2)CCN1C(=O)c1cccc(N)c1N. The Morgan fingerprint density at radius 3 is 2.86 bits per heavy atom. The molecule has 0 radical (unpaired) electrons. The minimum atomic E-state index is -0.135. The molecule has 1 fully saturated rings. The normalized spacial score (nSPS) is 22.0. The number of hydrogen-bond acceptors (Lipinski definition) is 5. The monoisotopic (exact) mass is 382 g/mol. The molecule has 0 saturated carbocycles. The summed E-state index contributed by atoms with van der Waals surface area (Å²) in [6, 6.07) is 5.03. The number of aromatic amines is 1. The number of hydrogen-bond donors (Lipinski definition) is 3. The number of carbonyl (C=O) groups is 2. The van der Waals surface area contributed by atoms with Crippen LogP contribution in [0.1, 0.15) is 35.0 Å². The molecule has 1 saturated heterocycles. The molecular weight excluding hydrogens is 356 g/mol. The van der Waals surface area contributed by atoms with Crippen LogP contribution in [0.25, 0.3) is 0 Å². The van der Waals surface area contributed by atoms with Crippen LogP contribution in [-0.4, -0.2) is 57.5 Å². The van der Waals surface area contributed by atoms with Crippen LogP contribution in [0.2, 0.25) is 0 Å². The molecule has 2 amide bonds. The molecule has 2 aliphatic rings. The number of piperazine rings is 1. The van der Waals surface area contributed by atoms with E-state index in [0.29, 0.717) is 43.0 Å². The molecule has 1 aliphatic carbocycles. The number of H-pyrrole nitrogens is 1. The molecule has 0 spiro atoms. The van der Waals surface area contributed by atoms with Gasteiger partial charge in [0, 0.05) is 43.7 Å². The molecule has 0 bridgehead atoms. The van der Waals surface area contributed by atoms with Crippen molar-refractivity contribution in [3.05, 3.63) is 41.2 Å². The predicted molar refractivity (Wildman–Crippen MR) is 106 cm³/mol. The smallest absolute Gasteiger partial charge is 0.256 e. The minimum Gasteiger partial charge on any atom is -0.397 e. The number of fused-ring (bicyclic) bond motifs is 1. The van der Waals surface area contributed by atoms with Gasteiger partial charge >= 0.3 is 0 Å². The molecule has 4 rings (SSSR count). The first-order chi connectivity index (χ1) is 13.5. The number of aryl methyl sites for hydroxylation is 1. The van der Waals surface area contributed by atoms with Crippen molar-refractivity contribution < 1.29 is 9.59 Å². The van der Waals surface area contributed by atoms with Gasteiger partial charge < -0.3 is 21.3 Å². The van der Waals surface area contributed by atoms with E-state index in [1.54, 1.807) is 23.1 Å². The van der Waals surface area contributed by atoms with E-state index in [1.165, 1.54) is 5.56 Å². The predicted octanol–water partition coefficient (Wildman–Crippen LogP) is 1.05. The van der Waals surface area contributed by atoms with Crippen LogP contribution in [0.15, 0.2) is 24.4 Å². The number of rotatable bonds is 2. The van der Waals surface area contributed by atoms with Gasteiger partial charge in [0.1, 0.15) is 0 Å². The third-order valence-electron chi connectivity index (χ3n) is 5.94. The topological polar surface area (TPSA) is 121 Å². The highest BCUT2D eigenvalue weighted by Gasteiger charge is 2.35. The Morgan fingerprint density at radius 1 is 1.25 bits per heavy atom. The van der Waals surface area contributed by atoms with Gasteiger partial charge in [0.2, 0.25) is 5.91 Å². The Bertz CT molecular complexity index is 908. The lowest BCUT2D eigenvalue weighted by Gasteiger charge is -2.41. The van der Waals surface area contributed by atoms with Crippen molar-refractivity contribution in [1.29, 1.82) is 0 Å². The Morgan fingerprint density at radius 2 is 2.07 bits per heavy atom. The van der Waals surface area contributed by atoms with Gasteiger partial charge in [-0.2, -0.15) is 5.10 Å². The van der Waals surface area contributed by atoms with E-state index in [1.807, 2.05) is 18.0 Å². The van der Waals surface area contributed by atoms with Gasteiger partial charge in [-0.05, 0) is 37.5 Å². The zero-order chi connectivity index (χ0) is 19.8. The van der Waals surface area contributed by atoms with Crippen molar-refractivity contribution >= 4 is 23.2 Å². The highest BCUT2D eigenvalue weighted by molar-refractivity contribution is 6.01. The van der Waals surface area contributed by atoms with Crippen LogP contribution in [0.3, 0.4) is 0 Å². The summed E-state index contributed by atoms with van der Waals surface area (Å²) in [5.41, 5.74) is 15.3. The molecule has 8 heteroatoms. The molecule has 1 aliphatic heterocycles. The first-order valence-corrected chi connectivity index (χ1v) is 9.70. The van der Waals surface area contributed by atoms with Crippen molar-refractivity contribution in [2.24, 2.45) is 5.92 Å². The Labute approximate surface area is 163 Å². The van der Waals surface area contributed by atoms with Crippen molar-refractivity contribution in [3.8, 4) is 0 Å². The third-order valence-corrected chi connectivity index (χ3v) is 5.94. The lowest BCUT2D eigenvalue weighted by Crippen LogP contribution is -2.56. The molecule has 8 nitrogen and oxygen atoms in total. The standard InChI is InChI=1S/C20H26N6O2/c1-12-11-25(19(27)13-5-6-14-10-23-24-17(14)9-13)7-8-26(12)20(28)15-3-2-4-16(21)18(15)22/h2-4,10,12-13H,5-9,11,21-22H2,1H3,(H,23,24). The molecular formula is C20H26N6O2. The third kappa shape index (κ3) is 3.19. The maximum absolute atomic E-state index is 13.0. The minimum absolute atomic E-state index is 0.0213. The summed E-state index contributed by atoms with van der Waals surface area (Å²) >= 11 is 0. The molecule has 1 aromatic heterocycles. The van der Waals surface area contributed by atoms with Crippen LogP contribution in [0, 0.1) is 5.92 Å². The fourth-order valence-corrected chi connectivity index (χ4v) is 4.26. The summed E-state index contributed by atoms with van der Waals surface area (Å²) < 4.78 is 0. The summed E-state index contributed by atoms with van der Waals surface area (Å²) in [4.78, 5) is 29.6. The maximum Gasteiger partial charge on any atom is 0.256 e. The summed E-state index contributed by atoms with van der Waals surface area (Å²) in [6.45, 7) is 3.51. The zero-order valence-corrected chi connectivity index (χ0v) is 16.0. The van der Waals surface area contributed by atoms with E-state index in [4.69, 9.17) is 11.5 Å². The van der Waals surface area contributed by atoms with Crippen molar-refractivity contribution in [2.45, 2.75) is 32.2 Å². The molecule has 5 N–H and O–H groups in total. The number of nitrogen functional groups attached to an aromatic ring is 2. The lowest BCUT2D eigenvalue weighted by molar-refractivity contribution is -0.138. The summed E-state index contributed by atoms with van der Waals surface area (Å²) in [6.07, 6.45) is 4.29. The molecule has 28 heavy (non-hydrogen) atoms. The molecule has 1 aromatic carbocycles. The van der Waals surface area contributed by atoms with E-state index < -0.39 is 0 Å². The first-order valence-electron chi connectivity index (χ1n) is 9.70. The summed E-state index contributed by atoms with van der Waals surface area (Å²) in [5.74, 6) is 0.0128. The molecule has 148 valence electrons. The van der Waals surface area contributed by atoms with Crippen molar-refractivity contribution in [2.75, 3.05) is 31.1 Å². The molecule has 2 aromatic rings. The number of anilines is 2. The number of carbonyl (C=O) groups excluding carboxylic acids is 2. The van der Waals surface area contributed by atoms with E-state index in [2.05, 4.69) is 10.2 Å². The highest BCUT2D eigenvalue weighted by atomic mass is 16.2. The van der Waals surface area contributed by atoms with Crippen molar-refractivity contribution in [3.63, 3.8) is 0 Å². The van der Waals surface area contributed by atoms with E-state index in [9.17, 15) is 9.59 Å². The second-order valence-corrected chi connectivity index (χ2v) is 7.75. The average molecular weight is 382 g/mol. The number of amides is 2. The van der Waals surface area contributed by atoms with Gasteiger partial charge in [-0.1, -0.05) is 6.07 Å². The van der Waals surface area contributed by atoms with Gasteiger partial charge in [0.15, 0.2) is 0 Å². The average Bonchev–Trinajstić information content (AvgIpc) is 3.16. The lowest BCUT2D eigenvalue weighted by atomic mass is 9.87. The fraction of sp³-hybridized carbons (Fsp3) is 0.450. The highest BCUT2D eigenvalue weighted by Crippen LogP contribution is 2.27. The van der Waals surface area contributed by atoms with E-state index >= 15 is 0 Å². The second kappa shape index (κ2) is 7.18. The number of nitrogens with zero attached hydrogens (tertiary/aromatic N) is 3. The number of aromatic nitrogens is 2.